The van der Waals surface area contributed by atoms with Crippen molar-refractivity contribution in [3.8, 4) is 11.5 Å². The lowest BCUT2D eigenvalue weighted by atomic mass is 10.1. The van der Waals surface area contributed by atoms with Gasteiger partial charge in [-0.05, 0) is 40.0 Å². The number of benzene rings is 2. The highest BCUT2D eigenvalue weighted by Gasteiger charge is 2.21. The van der Waals surface area contributed by atoms with Crippen molar-refractivity contribution in [2.75, 3.05) is 6.61 Å². The second-order valence-electron chi connectivity index (χ2n) is 4.69. The van der Waals surface area contributed by atoms with Crippen molar-refractivity contribution >= 4 is 15.9 Å². The van der Waals surface area contributed by atoms with E-state index in [0.717, 1.165) is 34.6 Å². The Morgan fingerprint density at radius 3 is 2.84 bits per heavy atom. The third kappa shape index (κ3) is 2.47. The number of aryl methyl sites for hydroxylation is 1. The van der Waals surface area contributed by atoms with E-state index in [1.165, 1.54) is 11.1 Å². The molecule has 3 heteroatoms. The molecule has 0 amide bonds. The van der Waals surface area contributed by atoms with Gasteiger partial charge < -0.3 is 9.47 Å². The van der Waals surface area contributed by atoms with Crippen LogP contribution in [0.25, 0.3) is 0 Å². The van der Waals surface area contributed by atoms with Crippen LogP contribution >= 0.6 is 15.9 Å². The zero-order chi connectivity index (χ0) is 13.2. The summed E-state index contributed by atoms with van der Waals surface area (Å²) in [6.07, 6.45) is 0.915. The minimum absolute atomic E-state index is 0.579. The summed E-state index contributed by atoms with van der Waals surface area (Å²) >= 11 is 3.63. The summed E-state index contributed by atoms with van der Waals surface area (Å²) in [7, 11) is 0. The molecule has 2 nitrogen and oxygen atoms in total. The molecule has 1 aliphatic heterocycles. The highest BCUT2D eigenvalue weighted by atomic mass is 79.9. The van der Waals surface area contributed by atoms with Crippen LogP contribution in [0, 0.1) is 6.92 Å². The standard InChI is InChI=1S/C16H15BrO2/c1-11-9-14-13(7-8-18-14)16(15(11)17)19-10-12-5-3-2-4-6-12/h2-6,9H,7-8,10H2,1H3. The predicted molar refractivity (Wildman–Crippen MR) is 78.9 cm³/mol. The molecule has 0 N–H and O–H groups in total. The summed E-state index contributed by atoms with van der Waals surface area (Å²) in [6.45, 7) is 3.38. The van der Waals surface area contributed by atoms with Gasteiger partial charge in [0.1, 0.15) is 18.1 Å². The van der Waals surface area contributed by atoms with Gasteiger partial charge in [-0.1, -0.05) is 30.3 Å². The summed E-state index contributed by atoms with van der Waals surface area (Å²) in [6, 6.07) is 12.3. The van der Waals surface area contributed by atoms with Crippen molar-refractivity contribution in [1.29, 1.82) is 0 Å². The number of halogens is 1. The van der Waals surface area contributed by atoms with Gasteiger partial charge in [0.25, 0.3) is 0 Å². The van der Waals surface area contributed by atoms with Crippen molar-refractivity contribution in [3.05, 3.63) is 57.6 Å². The van der Waals surface area contributed by atoms with Gasteiger partial charge in [-0.15, -0.1) is 0 Å². The average molecular weight is 319 g/mol. The fourth-order valence-corrected chi connectivity index (χ4v) is 2.75. The quantitative estimate of drug-likeness (QED) is 0.841. The molecular weight excluding hydrogens is 304 g/mol. The molecule has 0 atom stereocenters. The summed E-state index contributed by atoms with van der Waals surface area (Å²) in [4.78, 5) is 0. The fraction of sp³-hybridized carbons (Fsp3) is 0.250. The maximum absolute atomic E-state index is 6.02. The van der Waals surface area contributed by atoms with Crippen LogP contribution in [0.5, 0.6) is 11.5 Å². The highest BCUT2D eigenvalue weighted by Crippen LogP contribution is 2.41. The summed E-state index contributed by atoms with van der Waals surface area (Å²) in [5.74, 6) is 1.89. The van der Waals surface area contributed by atoms with Gasteiger partial charge >= 0.3 is 0 Å². The molecule has 2 aromatic rings. The van der Waals surface area contributed by atoms with Gasteiger partial charge in [-0.3, -0.25) is 0 Å². The van der Waals surface area contributed by atoms with Crippen LogP contribution in [-0.4, -0.2) is 6.61 Å². The molecule has 98 valence electrons. The normalized spacial score (nSPS) is 12.9. The lowest BCUT2D eigenvalue weighted by molar-refractivity contribution is 0.301. The molecule has 3 rings (SSSR count). The van der Waals surface area contributed by atoms with Crippen LogP contribution in [0.4, 0.5) is 0 Å². The molecule has 0 saturated carbocycles. The molecule has 0 fully saturated rings. The first-order valence-electron chi connectivity index (χ1n) is 6.37. The Hall–Kier alpha value is -1.48. The monoisotopic (exact) mass is 318 g/mol. The number of hydrogen-bond acceptors (Lipinski definition) is 2. The van der Waals surface area contributed by atoms with E-state index >= 15 is 0 Å². The smallest absolute Gasteiger partial charge is 0.141 e. The Bertz CT molecular complexity index is 593. The van der Waals surface area contributed by atoms with Gasteiger partial charge in [0.2, 0.25) is 0 Å². The van der Waals surface area contributed by atoms with E-state index in [2.05, 4.69) is 41.1 Å². The van der Waals surface area contributed by atoms with Gasteiger partial charge in [0.05, 0.1) is 11.1 Å². The first kappa shape index (κ1) is 12.5. The molecule has 0 bridgehead atoms. The van der Waals surface area contributed by atoms with Gasteiger partial charge in [0.15, 0.2) is 0 Å². The molecule has 19 heavy (non-hydrogen) atoms. The topological polar surface area (TPSA) is 18.5 Å². The molecule has 0 radical (unpaired) electrons. The van der Waals surface area contributed by atoms with Crippen LogP contribution in [0.1, 0.15) is 16.7 Å². The lowest BCUT2D eigenvalue weighted by Crippen LogP contribution is -1.99. The van der Waals surface area contributed by atoms with E-state index in [1.807, 2.05) is 18.2 Å². The first-order chi connectivity index (χ1) is 9.25. The van der Waals surface area contributed by atoms with Crippen molar-refractivity contribution < 1.29 is 9.47 Å². The van der Waals surface area contributed by atoms with Crippen LogP contribution in [0.3, 0.4) is 0 Å². The van der Waals surface area contributed by atoms with Crippen LogP contribution in [0.15, 0.2) is 40.9 Å². The van der Waals surface area contributed by atoms with Crippen LogP contribution < -0.4 is 9.47 Å². The Kier molecular flexibility index (Phi) is 3.47. The number of fused-ring (bicyclic) bond motifs is 1. The van der Waals surface area contributed by atoms with Crippen molar-refractivity contribution in [2.24, 2.45) is 0 Å². The third-order valence-corrected chi connectivity index (χ3v) is 4.29. The molecular formula is C16H15BrO2. The van der Waals surface area contributed by atoms with E-state index in [9.17, 15) is 0 Å². The van der Waals surface area contributed by atoms with Gasteiger partial charge in [-0.2, -0.15) is 0 Å². The van der Waals surface area contributed by atoms with Crippen LogP contribution in [0.2, 0.25) is 0 Å². The van der Waals surface area contributed by atoms with Crippen molar-refractivity contribution in [2.45, 2.75) is 20.0 Å². The molecule has 0 saturated heterocycles. The SMILES string of the molecule is Cc1cc2c(c(OCc3ccccc3)c1Br)CCO2. The summed E-state index contributed by atoms with van der Waals surface area (Å²) in [5, 5.41) is 0. The summed E-state index contributed by atoms with van der Waals surface area (Å²) < 4.78 is 12.7. The molecule has 2 aromatic carbocycles. The molecule has 1 heterocycles. The van der Waals surface area contributed by atoms with Crippen LogP contribution in [-0.2, 0) is 13.0 Å². The Morgan fingerprint density at radius 2 is 2.05 bits per heavy atom. The van der Waals surface area contributed by atoms with E-state index in [-0.39, 0.29) is 0 Å². The zero-order valence-electron chi connectivity index (χ0n) is 10.8. The minimum atomic E-state index is 0.579. The second kappa shape index (κ2) is 5.25. The molecule has 0 aliphatic carbocycles. The first-order valence-corrected chi connectivity index (χ1v) is 7.16. The Labute approximate surface area is 121 Å². The molecule has 0 unspecified atom stereocenters. The number of ether oxygens (including phenoxy) is 2. The lowest BCUT2D eigenvalue weighted by Gasteiger charge is -2.14. The zero-order valence-corrected chi connectivity index (χ0v) is 12.4. The largest absolute Gasteiger partial charge is 0.493 e. The van der Waals surface area contributed by atoms with E-state index < -0.39 is 0 Å². The second-order valence-corrected chi connectivity index (χ2v) is 5.48. The maximum Gasteiger partial charge on any atom is 0.141 e. The van der Waals surface area contributed by atoms with Gasteiger partial charge in [0, 0.05) is 12.0 Å². The minimum Gasteiger partial charge on any atom is -0.493 e. The van der Waals surface area contributed by atoms with Crippen molar-refractivity contribution in [1.82, 2.24) is 0 Å². The molecule has 0 aromatic heterocycles. The fourth-order valence-electron chi connectivity index (χ4n) is 2.28. The third-order valence-electron chi connectivity index (χ3n) is 3.30. The summed E-state index contributed by atoms with van der Waals surface area (Å²) in [5.41, 5.74) is 3.49. The Morgan fingerprint density at radius 1 is 1.26 bits per heavy atom. The molecule has 0 spiro atoms. The Balaban J connectivity index is 1.89. The van der Waals surface area contributed by atoms with E-state index in [4.69, 9.17) is 9.47 Å². The van der Waals surface area contributed by atoms with E-state index in [0.29, 0.717) is 6.61 Å². The molecule has 1 aliphatic rings. The number of hydrogen-bond donors (Lipinski definition) is 0. The highest BCUT2D eigenvalue weighted by molar-refractivity contribution is 9.10. The van der Waals surface area contributed by atoms with E-state index in [1.54, 1.807) is 0 Å². The average Bonchev–Trinajstić information content (AvgIpc) is 2.88. The maximum atomic E-state index is 6.02. The predicted octanol–water partition coefficient (Wildman–Crippen LogP) is 4.27. The number of rotatable bonds is 3. The van der Waals surface area contributed by atoms with Gasteiger partial charge in [-0.25, -0.2) is 0 Å². The van der Waals surface area contributed by atoms with Crippen molar-refractivity contribution in [3.63, 3.8) is 0 Å².